The fraction of sp³-hybridized carbons (Fsp3) is 0.476. The highest BCUT2D eigenvalue weighted by atomic mass is 16.5. The van der Waals surface area contributed by atoms with E-state index in [9.17, 15) is 4.79 Å². The van der Waals surface area contributed by atoms with E-state index in [0.29, 0.717) is 24.6 Å². The normalized spacial score (nSPS) is 16.8. The largest absolute Gasteiger partial charge is 0.497 e. The molecule has 6 heteroatoms. The number of methoxy groups -OCH3 is 1. The fourth-order valence-corrected chi connectivity index (χ4v) is 3.43. The van der Waals surface area contributed by atoms with Crippen molar-refractivity contribution in [1.29, 1.82) is 0 Å². The van der Waals surface area contributed by atoms with Gasteiger partial charge in [-0.25, -0.2) is 9.97 Å². The number of ether oxygens (including phenoxy) is 2. The van der Waals surface area contributed by atoms with Gasteiger partial charge in [-0.15, -0.1) is 0 Å². The van der Waals surface area contributed by atoms with Crippen LogP contribution in [0, 0.1) is 5.92 Å². The minimum absolute atomic E-state index is 0.0325. The standard InChI is InChI=1S/C21H27N3O3/c1-3-6-20-19(12-22-15-23-20)21(25)24-10-5-7-16(13-24)14-27-18-9-4-8-17(11-18)26-2/h4,8-9,11-12,15-16H,3,5-7,10,13-14H2,1-2H3/t16-/m0/s1. The zero-order chi connectivity index (χ0) is 19.1. The monoisotopic (exact) mass is 369 g/mol. The Balaban J connectivity index is 1.61. The summed E-state index contributed by atoms with van der Waals surface area (Å²) in [5, 5.41) is 0. The molecule has 0 N–H and O–H groups in total. The molecule has 0 saturated carbocycles. The van der Waals surface area contributed by atoms with Crippen molar-refractivity contribution in [3.05, 3.63) is 48.0 Å². The second-order valence-electron chi connectivity index (χ2n) is 6.88. The van der Waals surface area contributed by atoms with Gasteiger partial charge in [0.05, 0.1) is 25.0 Å². The minimum atomic E-state index is 0.0325. The summed E-state index contributed by atoms with van der Waals surface area (Å²) in [5.41, 5.74) is 1.47. The predicted molar refractivity (Wildman–Crippen MR) is 103 cm³/mol. The second-order valence-corrected chi connectivity index (χ2v) is 6.88. The molecule has 1 aromatic carbocycles. The van der Waals surface area contributed by atoms with Crippen LogP contribution in [-0.4, -0.2) is 47.6 Å². The lowest BCUT2D eigenvalue weighted by atomic mass is 9.98. The number of hydrogen-bond acceptors (Lipinski definition) is 5. The van der Waals surface area contributed by atoms with Gasteiger partial charge in [-0.3, -0.25) is 4.79 Å². The Kier molecular flexibility index (Phi) is 6.63. The first-order chi connectivity index (χ1) is 13.2. The smallest absolute Gasteiger partial charge is 0.257 e. The maximum atomic E-state index is 13.0. The van der Waals surface area contributed by atoms with Gasteiger partial charge in [0.2, 0.25) is 0 Å². The molecule has 0 aliphatic carbocycles. The number of aromatic nitrogens is 2. The topological polar surface area (TPSA) is 64.6 Å². The summed E-state index contributed by atoms with van der Waals surface area (Å²) in [5.74, 6) is 1.92. The van der Waals surface area contributed by atoms with E-state index < -0.39 is 0 Å². The molecule has 1 aliphatic rings. The quantitative estimate of drug-likeness (QED) is 0.749. The molecule has 1 aromatic heterocycles. The van der Waals surface area contributed by atoms with Gasteiger partial charge in [-0.2, -0.15) is 0 Å². The highest BCUT2D eigenvalue weighted by Crippen LogP contribution is 2.23. The lowest BCUT2D eigenvalue weighted by Gasteiger charge is -2.33. The summed E-state index contributed by atoms with van der Waals surface area (Å²) in [4.78, 5) is 23.3. The Hall–Kier alpha value is -2.63. The number of likely N-dealkylation sites (tertiary alicyclic amines) is 1. The van der Waals surface area contributed by atoms with Crippen molar-refractivity contribution < 1.29 is 14.3 Å². The molecule has 0 spiro atoms. The third-order valence-electron chi connectivity index (χ3n) is 4.85. The molecule has 0 bridgehead atoms. The number of nitrogens with zero attached hydrogens (tertiary/aromatic N) is 3. The Labute approximate surface area is 160 Å². The zero-order valence-corrected chi connectivity index (χ0v) is 16.1. The van der Waals surface area contributed by atoms with Crippen molar-refractivity contribution in [2.75, 3.05) is 26.8 Å². The molecule has 2 aromatic rings. The molecule has 27 heavy (non-hydrogen) atoms. The van der Waals surface area contributed by atoms with E-state index >= 15 is 0 Å². The fourth-order valence-electron chi connectivity index (χ4n) is 3.43. The predicted octanol–water partition coefficient (Wildman–Crippen LogP) is 3.37. The van der Waals surface area contributed by atoms with Crippen LogP contribution in [0.5, 0.6) is 11.5 Å². The molecule has 3 rings (SSSR count). The molecule has 1 saturated heterocycles. The first-order valence-corrected chi connectivity index (χ1v) is 9.56. The van der Waals surface area contributed by atoms with Gasteiger partial charge in [0, 0.05) is 31.3 Å². The van der Waals surface area contributed by atoms with Gasteiger partial charge in [0.1, 0.15) is 17.8 Å². The summed E-state index contributed by atoms with van der Waals surface area (Å²) >= 11 is 0. The van der Waals surface area contributed by atoms with Gasteiger partial charge in [0.15, 0.2) is 0 Å². The number of hydrogen-bond donors (Lipinski definition) is 0. The van der Waals surface area contributed by atoms with Gasteiger partial charge in [-0.1, -0.05) is 19.4 Å². The van der Waals surface area contributed by atoms with Gasteiger partial charge in [-0.05, 0) is 31.4 Å². The average molecular weight is 369 g/mol. The van der Waals surface area contributed by atoms with Crippen molar-refractivity contribution in [3.8, 4) is 11.5 Å². The van der Waals surface area contributed by atoms with Crippen molar-refractivity contribution in [2.24, 2.45) is 5.92 Å². The molecule has 6 nitrogen and oxygen atoms in total. The molecule has 144 valence electrons. The van der Waals surface area contributed by atoms with Crippen molar-refractivity contribution in [2.45, 2.75) is 32.6 Å². The van der Waals surface area contributed by atoms with E-state index in [1.54, 1.807) is 13.3 Å². The van der Waals surface area contributed by atoms with Crippen LogP contribution in [0.4, 0.5) is 0 Å². The summed E-state index contributed by atoms with van der Waals surface area (Å²) in [6.07, 6.45) is 6.95. The number of benzene rings is 1. The van der Waals surface area contributed by atoms with Crippen LogP contribution in [-0.2, 0) is 6.42 Å². The zero-order valence-electron chi connectivity index (χ0n) is 16.1. The molecule has 2 heterocycles. The third-order valence-corrected chi connectivity index (χ3v) is 4.85. The van der Waals surface area contributed by atoms with Crippen molar-refractivity contribution >= 4 is 5.91 Å². The number of rotatable bonds is 7. The molecular weight excluding hydrogens is 342 g/mol. The number of amides is 1. The van der Waals surface area contributed by atoms with Gasteiger partial charge < -0.3 is 14.4 Å². The lowest BCUT2D eigenvalue weighted by molar-refractivity contribution is 0.0631. The summed E-state index contributed by atoms with van der Waals surface area (Å²) in [6, 6.07) is 7.61. The minimum Gasteiger partial charge on any atom is -0.497 e. The third kappa shape index (κ3) is 4.96. The van der Waals surface area contributed by atoms with Crippen LogP contribution in [0.1, 0.15) is 42.2 Å². The second kappa shape index (κ2) is 9.35. The SMILES string of the molecule is CCCc1ncncc1C(=O)N1CCC[C@H](COc2cccc(OC)c2)C1. The number of carbonyl (C=O) groups is 1. The Morgan fingerprint density at radius 1 is 1.33 bits per heavy atom. The van der Waals surface area contributed by atoms with Crippen LogP contribution < -0.4 is 9.47 Å². The maximum absolute atomic E-state index is 13.0. The first kappa shape index (κ1) is 19.1. The maximum Gasteiger partial charge on any atom is 0.257 e. The number of aryl methyl sites for hydroxylation is 1. The van der Waals surface area contributed by atoms with Crippen LogP contribution in [0.15, 0.2) is 36.8 Å². The van der Waals surface area contributed by atoms with E-state index in [2.05, 4.69) is 16.9 Å². The van der Waals surface area contributed by atoms with Gasteiger partial charge in [0.25, 0.3) is 5.91 Å². The summed E-state index contributed by atoms with van der Waals surface area (Å²) in [7, 11) is 1.64. The van der Waals surface area contributed by atoms with E-state index in [4.69, 9.17) is 9.47 Å². The number of piperidine rings is 1. The molecule has 0 radical (unpaired) electrons. The van der Waals surface area contributed by atoms with E-state index in [1.165, 1.54) is 6.33 Å². The molecule has 1 amide bonds. The summed E-state index contributed by atoms with van der Waals surface area (Å²) in [6.45, 7) is 4.14. The highest BCUT2D eigenvalue weighted by molar-refractivity contribution is 5.95. The van der Waals surface area contributed by atoms with Crippen molar-refractivity contribution in [1.82, 2.24) is 14.9 Å². The molecule has 1 atom stereocenters. The Morgan fingerprint density at radius 3 is 3.00 bits per heavy atom. The molecular formula is C21H27N3O3. The van der Waals surface area contributed by atoms with Crippen LogP contribution >= 0.6 is 0 Å². The van der Waals surface area contributed by atoms with Gasteiger partial charge >= 0.3 is 0 Å². The van der Waals surface area contributed by atoms with Crippen LogP contribution in [0.2, 0.25) is 0 Å². The Bertz CT molecular complexity index is 766. The molecule has 1 fully saturated rings. The Morgan fingerprint density at radius 2 is 2.19 bits per heavy atom. The highest BCUT2D eigenvalue weighted by Gasteiger charge is 2.26. The van der Waals surface area contributed by atoms with Crippen LogP contribution in [0.3, 0.4) is 0 Å². The first-order valence-electron chi connectivity index (χ1n) is 9.56. The van der Waals surface area contributed by atoms with E-state index in [0.717, 1.165) is 49.4 Å². The van der Waals surface area contributed by atoms with E-state index in [1.807, 2.05) is 29.2 Å². The molecule has 1 aliphatic heterocycles. The van der Waals surface area contributed by atoms with E-state index in [-0.39, 0.29) is 5.91 Å². The molecule has 0 unspecified atom stereocenters. The van der Waals surface area contributed by atoms with Crippen molar-refractivity contribution in [3.63, 3.8) is 0 Å². The summed E-state index contributed by atoms with van der Waals surface area (Å²) < 4.78 is 11.2. The number of carbonyl (C=O) groups excluding carboxylic acids is 1. The average Bonchev–Trinajstić information content (AvgIpc) is 2.73. The van der Waals surface area contributed by atoms with Crippen LogP contribution in [0.25, 0.3) is 0 Å². The lowest BCUT2D eigenvalue weighted by Crippen LogP contribution is -2.42.